The summed E-state index contributed by atoms with van der Waals surface area (Å²) >= 11 is 5.80. The zero-order chi connectivity index (χ0) is 14.6. The molecule has 1 amide bonds. The fourth-order valence-electron chi connectivity index (χ4n) is 1.31. The van der Waals surface area contributed by atoms with E-state index in [1.165, 1.54) is 11.0 Å². The van der Waals surface area contributed by atoms with Crippen LogP contribution in [0.4, 0.5) is 5.69 Å². The van der Waals surface area contributed by atoms with Gasteiger partial charge in [-0.15, -0.1) is 0 Å². The van der Waals surface area contributed by atoms with E-state index in [1.807, 2.05) is 13.8 Å². The lowest BCUT2D eigenvalue weighted by atomic mass is 10.2. The minimum Gasteiger partial charge on any atom is -0.452 e. The van der Waals surface area contributed by atoms with E-state index in [-0.39, 0.29) is 34.8 Å². The van der Waals surface area contributed by atoms with Crippen LogP contribution in [-0.2, 0) is 9.53 Å². The quantitative estimate of drug-likeness (QED) is 0.677. The molecule has 0 bridgehead atoms. The van der Waals surface area contributed by atoms with Crippen LogP contribution >= 0.6 is 11.6 Å². The van der Waals surface area contributed by atoms with Crippen molar-refractivity contribution in [3.05, 3.63) is 28.8 Å². The number of carbonyl (C=O) groups excluding carboxylic acids is 2. The maximum Gasteiger partial charge on any atom is 0.340 e. The summed E-state index contributed by atoms with van der Waals surface area (Å²) in [6.07, 6.45) is 0. The van der Waals surface area contributed by atoms with Crippen molar-refractivity contribution in [1.82, 2.24) is 4.90 Å². The lowest BCUT2D eigenvalue weighted by Crippen LogP contribution is -2.36. The summed E-state index contributed by atoms with van der Waals surface area (Å²) in [4.78, 5) is 24.9. The molecule has 104 valence electrons. The van der Waals surface area contributed by atoms with Gasteiger partial charge in [-0.2, -0.15) is 0 Å². The zero-order valence-electron chi connectivity index (χ0n) is 11.1. The molecule has 0 aliphatic carbocycles. The average molecular weight is 285 g/mol. The minimum absolute atomic E-state index is 0.0439. The lowest BCUT2D eigenvalue weighted by molar-refractivity contribution is -0.134. The van der Waals surface area contributed by atoms with Gasteiger partial charge < -0.3 is 15.4 Å². The van der Waals surface area contributed by atoms with Gasteiger partial charge in [0.25, 0.3) is 5.91 Å². The molecule has 6 heteroatoms. The summed E-state index contributed by atoms with van der Waals surface area (Å²) in [5.74, 6) is -0.936. The van der Waals surface area contributed by atoms with Gasteiger partial charge in [0.1, 0.15) is 0 Å². The molecular weight excluding hydrogens is 268 g/mol. The monoisotopic (exact) mass is 284 g/mol. The second kappa shape index (κ2) is 6.43. The highest BCUT2D eigenvalue weighted by molar-refractivity contribution is 6.33. The maximum absolute atomic E-state index is 11.8. The topological polar surface area (TPSA) is 72.6 Å². The molecule has 0 unspecified atom stereocenters. The summed E-state index contributed by atoms with van der Waals surface area (Å²) in [5, 5.41) is 0.278. The van der Waals surface area contributed by atoms with Gasteiger partial charge in [0.15, 0.2) is 6.61 Å². The summed E-state index contributed by atoms with van der Waals surface area (Å²) in [6.45, 7) is 3.42. The van der Waals surface area contributed by atoms with Crippen LogP contribution in [0.2, 0.25) is 5.02 Å². The molecule has 1 aromatic rings. The standard InChI is InChI=1S/C13H17ClN2O3/c1-8(2)16(3)11(17)7-19-13(18)9-5-4-6-10(14)12(9)15/h4-6,8H,7,15H2,1-3H3. The molecule has 1 rings (SSSR count). The Bertz CT molecular complexity index is 489. The fraction of sp³-hybridized carbons (Fsp3) is 0.385. The average Bonchev–Trinajstić information content (AvgIpc) is 2.37. The molecule has 0 atom stereocenters. The summed E-state index contributed by atoms with van der Waals surface area (Å²) in [5.41, 5.74) is 5.98. The molecule has 0 spiro atoms. The second-order valence-electron chi connectivity index (χ2n) is 4.38. The van der Waals surface area contributed by atoms with Crippen molar-refractivity contribution in [3.8, 4) is 0 Å². The molecule has 0 saturated heterocycles. The first-order valence-electron chi connectivity index (χ1n) is 5.81. The van der Waals surface area contributed by atoms with E-state index in [0.29, 0.717) is 0 Å². The number of nitrogen functional groups attached to an aromatic ring is 1. The predicted octanol–water partition coefficient (Wildman–Crippen LogP) is 1.95. The Morgan fingerprint density at radius 3 is 2.63 bits per heavy atom. The normalized spacial score (nSPS) is 10.4. The number of esters is 1. The number of anilines is 1. The van der Waals surface area contributed by atoms with Crippen LogP contribution in [0.1, 0.15) is 24.2 Å². The third kappa shape index (κ3) is 3.86. The number of benzene rings is 1. The molecule has 5 nitrogen and oxygen atoms in total. The van der Waals surface area contributed by atoms with Gasteiger partial charge in [-0.3, -0.25) is 4.79 Å². The van der Waals surface area contributed by atoms with Crippen molar-refractivity contribution in [1.29, 1.82) is 0 Å². The Kier molecular flexibility index (Phi) is 5.18. The molecule has 19 heavy (non-hydrogen) atoms. The van der Waals surface area contributed by atoms with Crippen LogP contribution in [0, 0.1) is 0 Å². The molecule has 0 aromatic heterocycles. The smallest absolute Gasteiger partial charge is 0.340 e. The van der Waals surface area contributed by atoms with E-state index < -0.39 is 5.97 Å². The number of halogens is 1. The van der Waals surface area contributed by atoms with E-state index >= 15 is 0 Å². The Morgan fingerprint density at radius 2 is 2.05 bits per heavy atom. The lowest BCUT2D eigenvalue weighted by Gasteiger charge is -2.21. The highest BCUT2D eigenvalue weighted by Gasteiger charge is 2.17. The maximum atomic E-state index is 11.8. The number of likely N-dealkylation sites (N-methyl/N-ethyl adjacent to an activating group) is 1. The highest BCUT2D eigenvalue weighted by Crippen LogP contribution is 2.22. The van der Waals surface area contributed by atoms with Crippen molar-refractivity contribution in [2.75, 3.05) is 19.4 Å². The fourth-order valence-corrected chi connectivity index (χ4v) is 1.48. The third-order valence-corrected chi connectivity index (χ3v) is 3.10. The van der Waals surface area contributed by atoms with Crippen LogP contribution in [-0.4, -0.2) is 36.5 Å². The first-order chi connectivity index (χ1) is 8.84. The van der Waals surface area contributed by atoms with Gasteiger partial charge in [-0.05, 0) is 26.0 Å². The number of para-hydroxylation sites is 1. The van der Waals surface area contributed by atoms with Crippen molar-refractivity contribution >= 4 is 29.2 Å². The van der Waals surface area contributed by atoms with Gasteiger partial charge in [-0.1, -0.05) is 17.7 Å². The molecule has 2 N–H and O–H groups in total. The molecule has 0 heterocycles. The van der Waals surface area contributed by atoms with E-state index in [2.05, 4.69) is 0 Å². The van der Waals surface area contributed by atoms with E-state index in [9.17, 15) is 9.59 Å². The zero-order valence-corrected chi connectivity index (χ0v) is 11.9. The van der Waals surface area contributed by atoms with Gasteiger partial charge >= 0.3 is 5.97 Å². The van der Waals surface area contributed by atoms with Crippen LogP contribution in [0.15, 0.2) is 18.2 Å². The minimum atomic E-state index is -0.662. The van der Waals surface area contributed by atoms with Gasteiger partial charge in [0.05, 0.1) is 16.3 Å². The third-order valence-electron chi connectivity index (χ3n) is 2.77. The van der Waals surface area contributed by atoms with Crippen molar-refractivity contribution in [2.24, 2.45) is 0 Å². The Labute approximate surface area is 117 Å². The second-order valence-corrected chi connectivity index (χ2v) is 4.78. The molecular formula is C13H17ClN2O3. The molecule has 1 aromatic carbocycles. The van der Waals surface area contributed by atoms with Crippen LogP contribution < -0.4 is 5.73 Å². The SMILES string of the molecule is CC(C)N(C)C(=O)COC(=O)c1cccc(Cl)c1N. The number of amides is 1. The largest absolute Gasteiger partial charge is 0.452 e. The van der Waals surface area contributed by atoms with E-state index in [0.717, 1.165) is 0 Å². The number of hydrogen-bond acceptors (Lipinski definition) is 4. The van der Waals surface area contributed by atoms with Crippen LogP contribution in [0.3, 0.4) is 0 Å². The van der Waals surface area contributed by atoms with E-state index in [4.69, 9.17) is 22.1 Å². The Balaban J connectivity index is 2.66. The number of rotatable bonds is 4. The van der Waals surface area contributed by atoms with Gasteiger partial charge in [0.2, 0.25) is 0 Å². The number of nitrogens with two attached hydrogens (primary N) is 1. The first kappa shape index (κ1) is 15.3. The Hall–Kier alpha value is -1.75. The molecule has 0 aliphatic heterocycles. The Morgan fingerprint density at radius 1 is 1.42 bits per heavy atom. The van der Waals surface area contributed by atoms with Gasteiger partial charge in [0, 0.05) is 13.1 Å². The molecule has 0 saturated carbocycles. The summed E-state index contributed by atoms with van der Waals surface area (Å²) in [6, 6.07) is 4.71. The van der Waals surface area contributed by atoms with Crippen molar-refractivity contribution in [3.63, 3.8) is 0 Å². The number of carbonyl (C=O) groups is 2. The highest BCUT2D eigenvalue weighted by atomic mass is 35.5. The first-order valence-corrected chi connectivity index (χ1v) is 6.19. The van der Waals surface area contributed by atoms with Crippen LogP contribution in [0.25, 0.3) is 0 Å². The molecule has 0 aliphatic rings. The van der Waals surface area contributed by atoms with Crippen LogP contribution in [0.5, 0.6) is 0 Å². The number of hydrogen-bond donors (Lipinski definition) is 1. The van der Waals surface area contributed by atoms with Crippen molar-refractivity contribution in [2.45, 2.75) is 19.9 Å². The molecule has 0 fully saturated rings. The van der Waals surface area contributed by atoms with Crippen molar-refractivity contribution < 1.29 is 14.3 Å². The molecule has 0 radical (unpaired) electrons. The van der Waals surface area contributed by atoms with E-state index in [1.54, 1.807) is 19.2 Å². The number of ether oxygens (including phenoxy) is 1. The summed E-state index contributed by atoms with van der Waals surface area (Å²) in [7, 11) is 1.65. The summed E-state index contributed by atoms with van der Waals surface area (Å²) < 4.78 is 4.93. The predicted molar refractivity (Wildman–Crippen MR) is 74.1 cm³/mol. The van der Waals surface area contributed by atoms with Gasteiger partial charge in [-0.25, -0.2) is 4.79 Å². The number of nitrogens with zero attached hydrogens (tertiary/aromatic N) is 1.